The zero-order valence-electron chi connectivity index (χ0n) is 14.1. The fourth-order valence-electron chi connectivity index (χ4n) is 2.82. The lowest BCUT2D eigenvalue weighted by atomic mass is 9.93. The van der Waals surface area contributed by atoms with Crippen molar-refractivity contribution in [1.29, 1.82) is 0 Å². The van der Waals surface area contributed by atoms with Gasteiger partial charge in [-0.25, -0.2) is 0 Å². The van der Waals surface area contributed by atoms with Gasteiger partial charge in [0.2, 0.25) is 0 Å². The molecule has 0 aliphatic rings. The van der Waals surface area contributed by atoms with Crippen LogP contribution in [0.15, 0.2) is 30.3 Å². The number of ether oxygens (including phenoxy) is 1. The fraction of sp³-hybridized carbons (Fsp3) is 0.667. The van der Waals surface area contributed by atoms with E-state index in [1.807, 2.05) is 0 Å². The monoisotopic (exact) mass is 292 g/mol. The molecule has 0 aliphatic heterocycles. The number of nitrogens with two attached hydrogens (primary N) is 1. The van der Waals surface area contributed by atoms with Crippen molar-refractivity contribution in [2.45, 2.75) is 39.2 Å². The fourth-order valence-corrected chi connectivity index (χ4v) is 2.82. The van der Waals surface area contributed by atoms with Crippen LogP contribution >= 0.6 is 0 Å². The summed E-state index contributed by atoms with van der Waals surface area (Å²) in [5.41, 5.74) is 7.46. The Bertz CT molecular complexity index is 367. The molecular formula is C18H32N2O. The van der Waals surface area contributed by atoms with Crippen LogP contribution in [0, 0.1) is 5.92 Å². The first-order valence-electron chi connectivity index (χ1n) is 8.06. The largest absolute Gasteiger partial charge is 0.383 e. The lowest BCUT2D eigenvalue weighted by Gasteiger charge is -2.34. The van der Waals surface area contributed by atoms with E-state index in [1.54, 1.807) is 7.11 Å². The maximum Gasteiger partial charge on any atom is 0.0589 e. The summed E-state index contributed by atoms with van der Waals surface area (Å²) in [6, 6.07) is 11.1. The van der Waals surface area contributed by atoms with Gasteiger partial charge in [0.1, 0.15) is 0 Å². The van der Waals surface area contributed by atoms with Crippen molar-refractivity contribution in [2.75, 3.05) is 33.4 Å². The van der Waals surface area contributed by atoms with Crippen molar-refractivity contribution in [1.82, 2.24) is 4.90 Å². The number of benzene rings is 1. The summed E-state index contributed by atoms with van der Waals surface area (Å²) >= 11 is 0. The Morgan fingerprint density at radius 3 is 2.33 bits per heavy atom. The van der Waals surface area contributed by atoms with Crippen molar-refractivity contribution >= 4 is 0 Å². The Kier molecular flexibility index (Phi) is 8.58. The normalized spacial score (nSPS) is 14.6. The third-order valence-corrected chi connectivity index (χ3v) is 3.96. The number of methoxy groups -OCH3 is 1. The van der Waals surface area contributed by atoms with E-state index in [0.717, 1.165) is 26.1 Å². The van der Waals surface area contributed by atoms with Crippen molar-refractivity contribution in [2.24, 2.45) is 11.7 Å². The number of hydrogen-bond acceptors (Lipinski definition) is 3. The molecule has 0 saturated carbocycles. The molecule has 0 bridgehead atoms. The molecule has 0 aromatic heterocycles. The van der Waals surface area contributed by atoms with Crippen molar-refractivity contribution < 1.29 is 4.74 Å². The minimum Gasteiger partial charge on any atom is -0.383 e. The van der Waals surface area contributed by atoms with Crippen LogP contribution in [0.5, 0.6) is 0 Å². The molecule has 1 rings (SSSR count). The summed E-state index contributed by atoms with van der Waals surface area (Å²) in [5.74, 6) is 1.17. The first kappa shape index (κ1) is 18.1. The topological polar surface area (TPSA) is 38.5 Å². The van der Waals surface area contributed by atoms with Gasteiger partial charge >= 0.3 is 0 Å². The number of nitrogens with zero attached hydrogens (tertiary/aromatic N) is 1. The minimum absolute atomic E-state index is 0.415. The van der Waals surface area contributed by atoms with Gasteiger partial charge in [0.25, 0.3) is 0 Å². The molecule has 0 aliphatic carbocycles. The predicted octanol–water partition coefficient (Wildman–Crippen LogP) is 3.11. The Hall–Kier alpha value is -0.900. The minimum atomic E-state index is 0.415. The average Bonchev–Trinajstić information content (AvgIpc) is 2.49. The Morgan fingerprint density at radius 2 is 1.81 bits per heavy atom. The third-order valence-electron chi connectivity index (χ3n) is 3.96. The van der Waals surface area contributed by atoms with E-state index in [2.05, 4.69) is 56.0 Å². The highest BCUT2D eigenvalue weighted by molar-refractivity contribution is 5.18. The van der Waals surface area contributed by atoms with Gasteiger partial charge in [-0.15, -0.1) is 0 Å². The lowest BCUT2D eigenvalue weighted by molar-refractivity contribution is 0.106. The molecule has 0 saturated heterocycles. The van der Waals surface area contributed by atoms with E-state index in [-0.39, 0.29) is 0 Å². The van der Waals surface area contributed by atoms with Gasteiger partial charge in [-0.1, -0.05) is 51.1 Å². The van der Waals surface area contributed by atoms with Crippen LogP contribution in [0.4, 0.5) is 0 Å². The molecule has 1 aromatic carbocycles. The zero-order valence-corrected chi connectivity index (χ0v) is 14.1. The molecule has 2 N–H and O–H groups in total. The van der Waals surface area contributed by atoms with Crippen LogP contribution < -0.4 is 5.73 Å². The molecule has 21 heavy (non-hydrogen) atoms. The Balaban J connectivity index is 2.68. The predicted molar refractivity (Wildman–Crippen MR) is 90.6 cm³/mol. The molecular weight excluding hydrogens is 260 g/mol. The summed E-state index contributed by atoms with van der Waals surface area (Å²) in [5, 5.41) is 0. The molecule has 0 fully saturated rings. The maximum absolute atomic E-state index is 6.07. The lowest BCUT2D eigenvalue weighted by Crippen LogP contribution is -2.44. The van der Waals surface area contributed by atoms with E-state index in [0.29, 0.717) is 24.4 Å². The molecule has 0 spiro atoms. The van der Waals surface area contributed by atoms with Crippen LogP contribution in [0.1, 0.15) is 38.7 Å². The zero-order chi connectivity index (χ0) is 15.7. The summed E-state index contributed by atoms with van der Waals surface area (Å²) in [4.78, 5) is 2.49. The van der Waals surface area contributed by atoms with Gasteiger partial charge < -0.3 is 10.5 Å². The molecule has 3 heteroatoms. The second-order valence-electron chi connectivity index (χ2n) is 6.32. The molecule has 1 aromatic rings. The molecule has 0 radical (unpaired) electrons. The van der Waals surface area contributed by atoms with Crippen LogP contribution in [0.2, 0.25) is 0 Å². The summed E-state index contributed by atoms with van der Waals surface area (Å²) in [6.07, 6.45) is 1.09. The Labute approximate surface area is 130 Å². The van der Waals surface area contributed by atoms with E-state index >= 15 is 0 Å². The third kappa shape index (κ3) is 6.60. The first-order chi connectivity index (χ1) is 10.1. The van der Waals surface area contributed by atoms with Gasteiger partial charge in [0.05, 0.1) is 6.61 Å². The summed E-state index contributed by atoms with van der Waals surface area (Å²) < 4.78 is 5.26. The van der Waals surface area contributed by atoms with Gasteiger partial charge in [-0.2, -0.15) is 0 Å². The molecule has 3 nitrogen and oxygen atoms in total. The van der Waals surface area contributed by atoms with Crippen LogP contribution in [0.3, 0.4) is 0 Å². The molecule has 0 heterocycles. The van der Waals surface area contributed by atoms with E-state index in [4.69, 9.17) is 10.5 Å². The molecule has 2 atom stereocenters. The van der Waals surface area contributed by atoms with Crippen LogP contribution in [-0.2, 0) is 4.74 Å². The average molecular weight is 292 g/mol. The van der Waals surface area contributed by atoms with Gasteiger partial charge in [-0.3, -0.25) is 4.90 Å². The highest BCUT2D eigenvalue weighted by Crippen LogP contribution is 2.22. The maximum atomic E-state index is 6.07. The number of rotatable bonds is 10. The van der Waals surface area contributed by atoms with Gasteiger partial charge in [0.15, 0.2) is 0 Å². The smallest absolute Gasteiger partial charge is 0.0589 e. The highest BCUT2D eigenvalue weighted by Gasteiger charge is 2.21. The van der Waals surface area contributed by atoms with Gasteiger partial charge in [-0.05, 0) is 23.8 Å². The molecule has 2 unspecified atom stereocenters. The highest BCUT2D eigenvalue weighted by atomic mass is 16.5. The van der Waals surface area contributed by atoms with Gasteiger partial charge in [0, 0.05) is 32.8 Å². The van der Waals surface area contributed by atoms with E-state index < -0.39 is 0 Å². The van der Waals surface area contributed by atoms with Crippen molar-refractivity contribution in [3.8, 4) is 0 Å². The van der Waals surface area contributed by atoms with Crippen LogP contribution in [-0.4, -0.2) is 44.3 Å². The van der Waals surface area contributed by atoms with E-state index in [9.17, 15) is 0 Å². The van der Waals surface area contributed by atoms with Crippen molar-refractivity contribution in [3.05, 3.63) is 35.9 Å². The Morgan fingerprint density at radius 1 is 1.14 bits per heavy atom. The van der Waals surface area contributed by atoms with Crippen molar-refractivity contribution in [3.63, 3.8) is 0 Å². The number of hydrogen-bond donors (Lipinski definition) is 1. The first-order valence-corrected chi connectivity index (χ1v) is 8.06. The SMILES string of the molecule is COCCN(CC(C)C)C(CN)CC(C)c1ccccc1. The standard InChI is InChI=1S/C18H32N2O/c1-15(2)14-20(10-11-21-4)18(13-19)12-16(3)17-8-6-5-7-9-17/h5-9,15-16,18H,10-14,19H2,1-4H3. The second kappa shape index (κ2) is 9.93. The second-order valence-corrected chi connectivity index (χ2v) is 6.32. The quantitative estimate of drug-likeness (QED) is 0.720. The summed E-state index contributed by atoms with van der Waals surface area (Å²) in [6.45, 7) is 10.3. The van der Waals surface area contributed by atoms with E-state index in [1.165, 1.54) is 5.56 Å². The molecule has 120 valence electrons. The van der Waals surface area contributed by atoms with Crippen LogP contribution in [0.25, 0.3) is 0 Å². The summed E-state index contributed by atoms with van der Waals surface area (Å²) in [7, 11) is 1.76. The molecule has 0 amide bonds.